The second-order valence-corrected chi connectivity index (χ2v) is 5.04. The van der Waals surface area contributed by atoms with Crippen molar-refractivity contribution >= 4 is 0 Å². The van der Waals surface area contributed by atoms with E-state index in [0.717, 1.165) is 18.8 Å². The first-order valence-corrected chi connectivity index (χ1v) is 6.34. The van der Waals surface area contributed by atoms with Crippen molar-refractivity contribution in [3.8, 4) is 0 Å². The highest BCUT2D eigenvalue weighted by molar-refractivity contribution is 5.13. The van der Waals surface area contributed by atoms with Gasteiger partial charge in [-0.25, -0.2) is 0 Å². The number of aromatic nitrogens is 1. The van der Waals surface area contributed by atoms with Crippen molar-refractivity contribution in [2.45, 2.75) is 47.0 Å². The molecule has 0 aliphatic rings. The molecule has 0 aliphatic heterocycles. The van der Waals surface area contributed by atoms with Crippen LogP contribution in [0.15, 0.2) is 18.3 Å². The fourth-order valence-electron chi connectivity index (χ4n) is 1.40. The van der Waals surface area contributed by atoms with Gasteiger partial charge in [0.25, 0.3) is 0 Å². The zero-order chi connectivity index (χ0) is 12.7. The van der Waals surface area contributed by atoms with E-state index in [1.165, 1.54) is 5.56 Å². The molecule has 3 nitrogen and oxygen atoms in total. The van der Waals surface area contributed by atoms with Crippen LogP contribution in [-0.4, -0.2) is 17.6 Å². The molecule has 0 amide bonds. The number of ether oxygens (including phenoxy) is 1. The highest BCUT2D eigenvalue weighted by atomic mass is 16.5. The van der Waals surface area contributed by atoms with Crippen LogP contribution >= 0.6 is 0 Å². The Bertz CT molecular complexity index is 307. The monoisotopic (exact) mass is 236 g/mol. The maximum absolute atomic E-state index is 5.50. The standard InChI is InChI=1S/C14H24N2O/c1-11(2)7-15-8-13-5-6-14(16-9-13)10-17-12(3)4/h5-6,9,11-12,15H,7-8,10H2,1-4H3. The predicted molar refractivity (Wildman–Crippen MR) is 70.7 cm³/mol. The molecule has 0 fully saturated rings. The molecule has 3 heteroatoms. The van der Waals surface area contributed by atoms with Gasteiger partial charge in [0.2, 0.25) is 0 Å². The minimum Gasteiger partial charge on any atom is -0.373 e. The quantitative estimate of drug-likeness (QED) is 0.790. The maximum atomic E-state index is 5.50. The van der Waals surface area contributed by atoms with Crippen molar-refractivity contribution in [3.05, 3.63) is 29.6 Å². The summed E-state index contributed by atoms with van der Waals surface area (Å²) >= 11 is 0. The SMILES string of the molecule is CC(C)CNCc1ccc(COC(C)C)nc1. The van der Waals surface area contributed by atoms with E-state index in [0.29, 0.717) is 12.5 Å². The molecule has 1 N–H and O–H groups in total. The molecule has 1 heterocycles. The van der Waals surface area contributed by atoms with E-state index in [2.05, 4.69) is 30.2 Å². The lowest BCUT2D eigenvalue weighted by Crippen LogP contribution is -2.19. The average Bonchev–Trinajstić information content (AvgIpc) is 2.27. The summed E-state index contributed by atoms with van der Waals surface area (Å²) in [6.07, 6.45) is 2.18. The lowest BCUT2D eigenvalue weighted by molar-refractivity contribution is 0.0636. The van der Waals surface area contributed by atoms with Gasteiger partial charge in [-0.1, -0.05) is 19.9 Å². The summed E-state index contributed by atoms with van der Waals surface area (Å²) in [6, 6.07) is 4.15. The van der Waals surface area contributed by atoms with E-state index >= 15 is 0 Å². The predicted octanol–water partition coefficient (Wildman–Crippen LogP) is 2.75. The van der Waals surface area contributed by atoms with Gasteiger partial charge in [0.1, 0.15) is 0 Å². The van der Waals surface area contributed by atoms with Crippen molar-refractivity contribution < 1.29 is 4.74 Å². The van der Waals surface area contributed by atoms with Crippen LogP contribution in [0.2, 0.25) is 0 Å². The van der Waals surface area contributed by atoms with Crippen LogP contribution in [0.3, 0.4) is 0 Å². The number of pyridine rings is 1. The molecule has 1 rings (SSSR count). The first-order chi connectivity index (χ1) is 8.08. The van der Waals surface area contributed by atoms with E-state index < -0.39 is 0 Å². The minimum absolute atomic E-state index is 0.254. The van der Waals surface area contributed by atoms with E-state index in [-0.39, 0.29) is 6.10 Å². The zero-order valence-corrected chi connectivity index (χ0v) is 11.4. The van der Waals surface area contributed by atoms with Crippen molar-refractivity contribution in [3.63, 3.8) is 0 Å². The van der Waals surface area contributed by atoms with Gasteiger partial charge in [-0.05, 0) is 37.9 Å². The molecular formula is C14H24N2O. The smallest absolute Gasteiger partial charge is 0.0891 e. The molecule has 0 saturated carbocycles. The molecule has 0 saturated heterocycles. The molecule has 1 aromatic heterocycles. The minimum atomic E-state index is 0.254. The van der Waals surface area contributed by atoms with Crippen molar-refractivity contribution in [1.82, 2.24) is 10.3 Å². The summed E-state index contributed by atoms with van der Waals surface area (Å²) in [5, 5.41) is 3.40. The van der Waals surface area contributed by atoms with Crippen molar-refractivity contribution in [2.75, 3.05) is 6.54 Å². The fourth-order valence-corrected chi connectivity index (χ4v) is 1.40. The Morgan fingerprint density at radius 1 is 1.24 bits per heavy atom. The lowest BCUT2D eigenvalue weighted by atomic mass is 10.2. The third kappa shape index (κ3) is 6.39. The van der Waals surface area contributed by atoms with Crippen LogP contribution in [0.5, 0.6) is 0 Å². The molecule has 0 bridgehead atoms. The third-order valence-electron chi connectivity index (χ3n) is 2.33. The van der Waals surface area contributed by atoms with Crippen LogP contribution in [0.1, 0.15) is 39.0 Å². The normalized spacial score (nSPS) is 11.4. The average molecular weight is 236 g/mol. The Balaban J connectivity index is 2.34. The number of nitrogens with one attached hydrogen (secondary N) is 1. The zero-order valence-electron chi connectivity index (χ0n) is 11.4. The molecule has 0 radical (unpaired) electrons. The fraction of sp³-hybridized carbons (Fsp3) is 0.643. The second kappa shape index (κ2) is 7.41. The number of nitrogens with zero attached hydrogens (tertiary/aromatic N) is 1. The molecule has 0 aliphatic carbocycles. The summed E-state index contributed by atoms with van der Waals surface area (Å²) in [4.78, 5) is 4.38. The third-order valence-corrected chi connectivity index (χ3v) is 2.33. The molecule has 17 heavy (non-hydrogen) atoms. The summed E-state index contributed by atoms with van der Waals surface area (Å²) in [6.45, 7) is 11.0. The van der Waals surface area contributed by atoms with Gasteiger partial charge in [0.05, 0.1) is 18.4 Å². The molecule has 0 spiro atoms. The molecule has 0 atom stereocenters. The topological polar surface area (TPSA) is 34.1 Å². The van der Waals surface area contributed by atoms with E-state index in [4.69, 9.17) is 4.74 Å². The molecule has 0 unspecified atom stereocenters. The highest BCUT2D eigenvalue weighted by Crippen LogP contribution is 2.03. The van der Waals surface area contributed by atoms with Gasteiger partial charge in [0, 0.05) is 12.7 Å². The van der Waals surface area contributed by atoms with Gasteiger partial charge in [-0.3, -0.25) is 4.98 Å². The van der Waals surface area contributed by atoms with Crippen molar-refractivity contribution in [2.24, 2.45) is 5.92 Å². The number of hydrogen-bond acceptors (Lipinski definition) is 3. The van der Waals surface area contributed by atoms with Gasteiger partial charge < -0.3 is 10.1 Å². The summed E-state index contributed by atoms with van der Waals surface area (Å²) in [5.41, 5.74) is 2.21. The summed E-state index contributed by atoms with van der Waals surface area (Å²) in [7, 11) is 0. The Hall–Kier alpha value is -0.930. The summed E-state index contributed by atoms with van der Waals surface area (Å²) in [5.74, 6) is 0.682. The van der Waals surface area contributed by atoms with Crippen LogP contribution in [0.25, 0.3) is 0 Å². The van der Waals surface area contributed by atoms with Gasteiger partial charge >= 0.3 is 0 Å². The van der Waals surface area contributed by atoms with E-state index in [1.54, 1.807) is 0 Å². The largest absolute Gasteiger partial charge is 0.373 e. The molecule has 96 valence electrons. The number of hydrogen-bond donors (Lipinski definition) is 1. The summed E-state index contributed by atoms with van der Waals surface area (Å²) < 4.78 is 5.50. The molecular weight excluding hydrogens is 212 g/mol. The maximum Gasteiger partial charge on any atom is 0.0891 e. The first kappa shape index (κ1) is 14.1. The van der Waals surface area contributed by atoms with Gasteiger partial charge in [0.15, 0.2) is 0 Å². The number of rotatable bonds is 7. The molecule has 0 aromatic carbocycles. The highest BCUT2D eigenvalue weighted by Gasteiger charge is 1.99. The van der Waals surface area contributed by atoms with Crippen LogP contribution < -0.4 is 5.32 Å². The Morgan fingerprint density at radius 2 is 2.00 bits per heavy atom. The Kier molecular flexibility index (Phi) is 6.16. The van der Waals surface area contributed by atoms with E-state index in [1.807, 2.05) is 26.1 Å². The molecule has 1 aromatic rings. The van der Waals surface area contributed by atoms with Crippen molar-refractivity contribution in [1.29, 1.82) is 0 Å². The van der Waals surface area contributed by atoms with Crippen LogP contribution in [-0.2, 0) is 17.9 Å². The van der Waals surface area contributed by atoms with Gasteiger partial charge in [-0.15, -0.1) is 0 Å². The Labute approximate surface area is 105 Å². The first-order valence-electron chi connectivity index (χ1n) is 6.34. The van der Waals surface area contributed by atoms with Crippen LogP contribution in [0, 0.1) is 5.92 Å². The van der Waals surface area contributed by atoms with Crippen LogP contribution in [0.4, 0.5) is 0 Å². The Morgan fingerprint density at radius 3 is 2.53 bits per heavy atom. The second-order valence-electron chi connectivity index (χ2n) is 5.04. The van der Waals surface area contributed by atoms with E-state index in [9.17, 15) is 0 Å². The lowest BCUT2D eigenvalue weighted by Gasteiger charge is -2.09. The van der Waals surface area contributed by atoms with Gasteiger partial charge in [-0.2, -0.15) is 0 Å².